The Bertz CT molecular complexity index is 130. The fourth-order valence-corrected chi connectivity index (χ4v) is 1.45. The third-order valence-corrected chi connectivity index (χ3v) is 2.03. The van der Waals surface area contributed by atoms with E-state index in [1.54, 1.807) is 0 Å². The molecule has 64 valence electrons. The normalized spacial score (nSPS) is 33.3. The van der Waals surface area contributed by atoms with Gasteiger partial charge in [-0.15, -0.1) is 0 Å². The van der Waals surface area contributed by atoms with Crippen LogP contribution in [0.15, 0.2) is 0 Å². The molecule has 1 saturated heterocycles. The van der Waals surface area contributed by atoms with E-state index in [1.807, 2.05) is 5.01 Å². The molecule has 1 amide bonds. The van der Waals surface area contributed by atoms with Crippen molar-refractivity contribution in [2.24, 2.45) is 0 Å². The molecule has 0 bridgehead atoms. The SMILES string of the molecule is CC1CNCC(C)N1NC=O. The van der Waals surface area contributed by atoms with Gasteiger partial charge >= 0.3 is 0 Å². The molecule has 0 aliphatic carbocycles. The van der Waals surface area contributed by atoms with Crippen LogP contribution in [0.25, 0.3) is 0 Å². The van der Waals surface area contributed by atoms with Gasteiger partial charge in [0.1, 0.15) is 0 Å². The summed E-state index contributed by atoms with van der Waals surface area (Å²) in [4.78, 5) is 10.2. The number of hydrogen-bond donors (Lipinski definition) is 2. The standard InChI is InChI=1S/C7H15N3O/c1-6-3-8-4-7(2)10(6)9-5-11/h5-8H,3-4H2,1-2H3,(H,9,11). The van der Waals surface area contributed by atoms with Crippen molar-refractivity contribution in [3.8, 4) is 0 Å². The van der Waals surface area contributed by atoms with Gasteiger partial charge in [0.25, 0.3) is 0 Å². The van der Waals surface area contributed by atoms with E-state index < -0.39 is 0 Å². The Morgan fingerprint density at radius 1 is 1.45 bits per heavy atom. The van der Waals surface area contributed by atoms with E-state index >= 15 is 0 Å². The fraction of sp³-hybridized carbons (Fsp3) is 0.857. The second kappa shape index (κ2) is 3.69. The topological polar surface area (TPSA) is 44.4 Å². The average Bonchev–Trinajstić information content (AvgIpc) is 1.97. The zero-order valence-electron chi connectivity index (χ0n) is 7.00. The average molecular weight is 157 g/mol. The number of hydrazine groups is 1. The monoisotopic (exact) mass is 157 g/mol. The Hall–Kier alpha value is -0.610. The third-order valence-electron chi connectivity index (χ3n) is 2.03. The molecule has 4 heteroatoms. The number of hydrogen-bond acceptors (Lipinski definition) is 3. The summed E-state index contributed by atoms with van der Waals surface area (Å²) in [6, 6.07) is 0.757. The van der Waals surface area contributed by atoms with Crippen molar-refractivity contribution < 1.29 is 4.79 Å². The van der Waals surface area contributed by atoms with Gasteiger partial charge in [-0.05, 0) is 13.8 Å². The van der Waals surface area contributed by atoms with Crippen molar-refractivity contribution in [3.05, 3.63) is 0 Å². The molecule has 1 aliphatic rings. The smallest absolute Gasteiger partial charge is 0.221 e. The van der Waals surface area contributed by atoms with Crippen molar-refractivity contribution in [2.45, 2.75) is 25.9 Å². The maximum Gasteiger partial charge on any atom is 0.221 e. The first-order valence-electron chi connectivity index (χ1n) is 3.94. The summed E-state index contributed by atoms with van der Waals surface area (Å²) < 4.78 is 0. The van der Waals surface area contributed by atoms with Gasteiger partial charge in [-0.2, -0.15) is 0 Å². The van der Waals surface area contributed by atoms with E-state index in [9.17, 15) is 4.79 Å². The van der Waals surface area contributed by atoms with Crippen LogP contribution in [0.3, 0.4) is 0 Å². The predicted octanol–water partition coefficient (Wildman–Crippen LogP) is -0.670. The van der Waals surface area contributed by atoms with Gasteiger partial charge in [-0.3, -0.25) is 10.2 Å². The van der Waals surface area contributed by atoms with Crippen LogP contribution in [-0.4, -0.2) is 36.6 Å². The minimum atomic E-state index is 0.379. The lowest BCUT2D eigenvalue weighted by molar-refractivity contribution is -0.116. The minimum Gasteiger partial charge on any atom is -0.313 e. The largest absolute Gasteiger partial charge is 0.313 e. The fourth-order valence-electron chi connectivity index (χ4n) is 1.45. The zero-order chi connectivity index (χ0) is 8.27. The highest BCUT2D eigenvalue weighted by Gasteiger charge is 2.23. The highest BCUT2D eigenvalue weighted by Crippen LogP contribution is 2.04. The summed E-state index contributed by atoms with van der Waals surface area (Å²) in [7, 11) is 0. The minimum absolute atomic E-state index is 0.379. The van der Waals surface area contributed by atoms with E-state index in [4.69, 9.17) is 0 Å². The lowest BCUT2D eigenvalue weighted by Crippen LogP contribution is -2.59. The quantitative estimate of drug-likeness (QED) is 0.522. The van der Waals surface area contributed by atoms with E-state index in [0.717, 1.165) is 19.5 Å². The van der Waals surface area contributed by atoms with E-state index in [1.165, 1.54) is 0 Å². The zero-order valence-corrected chi connectivity index (χ0v) is 7.00. The molecule has 0 radical (unpaired) electrons. The van der Waals surface area contributed by atoms with Crippen LogP contribution in [0.4, 0.5) is 0 Å². The van der Waals surface area contributed by atoms with Crippen molar-refractivity contribution in [3.63, 3.8) is 0 Å². The number of nitrogens with zero attached hydrogens (tertiary/aromatic N) is 1. The molecule has 0 aromatic heterocycles. The van der Waals surface area contributed by atoms with Crippen molar-refractivity contribution in [1.29, 1.82) is 0 Å². The van der Waals surface area contributed by atoms with Crippen LogP contribution in [0.1, 0.15) is 13.8 Å². The Labute approximate surface area is 66.9 Å². The molecule has 1 rings (SSSR count). The van der Waals surface area contributed by atoms with E-state index in [-0.39, 0.29) is 0 Å². The summed E-state index contributed by atoms with van der Waals surface area (Å²) >= 11 is 0. The van der Waals surface area contributed by atoms with Crippen LogP contribution < -0.4 is 10.7 Å². The van der Waals surface area contributed by atoms with Gasteiger partial charge in [0.2, 0.25) is 6.41 Å². The summed E-state index contributed by atoms with van der Waals surface area (Å²) in [5.41, 5.74) is 2.70. The van der Waals surface area contributed by atoms with Crippen LogP contribution in [0.5, 0.6) is 0 Å². The van der Waals surface area contributed by atoms with Crippen LogP contribution >= 0.6 is 0 Å². The van der Waals surface area contributed by atoms with Crippen LogP contribution in [-0.2, 0) is 4.79 Å². The van der Waals surface area contributed by atoms with Gasteiger partial charge in [0, 0.05) is 25.2 Å². The van der Waals surface area contributed by atoms with Gasteiger partial charge in [-0.1, -0.05) is 0 Å². The molecule has 4 nitrogen and oxygen atoms in total. The highest BCUT2D eigenvalue weighted by atomic mass is 16.1. The van der Waals surface area contributed by atoms with Gasteiger partial charge < -0.3 is 5.32 Å². The second-order valence-corrected chi connectivity index (χ2v) is 3.01. The molecular weight excluding hydrogens is 142 g/mol. The van der Waals surface area contributed by atoms with Gasteiger partial charge in [0.05, 0.1) is 0 Å². The lowest BCUT2D eigenvalue weighted by atomic mass is 10.2. The first kappa shape index (κ1) is 8.49. The van der Waals surface area contributed by atoms with E-state index in [0.29, 0.717) is 12.1 Å². The molecule has 0 aromatic carbocycles. The molecule has 2 unspecified atom stereocenters. The third kappa shape index (κ3) is 1.91. The van der Waals surface area contributed by atoms with Gasteiger partial charge in [0.15, 0.2) is 0 Å². The van der Waals surface area contributed by atoms with Crippen molar-refractivity contribution in [1.82, 2.24) is 15.8 Å². The lowest BCUT2D eigenvalue weighted by Gasteiger charge is -2.37. The van der Waals surface area contributed by atoms with Crippen molar-refractivity contribution in [2.75, 3.05) is 13.1 Å². The second-order valence-electron chi connectivity index (χ2n) is 3.01. The number of rotatable bonds is 2. The Kier molecular flexibility index (Phi) is 2.84. The number of carbonyl (C=O) groups is 1. The first-order valence-corrected chi connectivity index (χ1v) is 3.94. The molecular formula is C7H15N3O. The molecule has 11 heavy (non-hydrogen) atoms. The summed E-state index contributed by atoms with van der Waals surface area (Å²) in [5, 5.41) is 5.25. The van der Waals surface area contributed by atoms with Gasteiger partial charge in [-0.25, -0.2) is 5.01 Å². The molecule has 0 aromatic rings. The highest BCUT2D eigenvalue weighted by molar-refractivity contribution is 5.45. The molecule has 0 spiro atoms. The maximum atomic E-state index is 10.2. The Morgan fingerprint density at radius 2 is 2.00 bits per heavy atom. The summed E-state index contributed by atoms with van der Waals surface area (Å²) in [5.74, 6) is 0. The number of carbonyl (C=O) groups excluding carboxylic acids is 1. The molecule has 0 saturated carbocycles. The number of nitrogens with one attached hydrogen (secondary N) is 2. The molecule has 1 heterocycles. The maximum absolute atomic E-state index is 10.2. The first-order chi connectivity index (χ1) is 5.25. The Balaban J connectivity index is 2.47. The summed E-state index contributed by atoms with van der Waals surface area (Å²) in [6.45, 7) is 6.04. The Morgan fingerprint density at radius 3 is 2.45 bits per heavy atom. The van der Waals surface area contributed by atoms with Crippen LogP contribution in [0.2, 0.25) is 0 Å². The summed E-state index contributed by atoms with van der Waals surface area (Å²) in [6.07, 6.45) is 0.734. The molecule has 2 atom stereocenters. The molecule has 1 aliphatic heterocycles. The van der Waals surface area contributed by atoms with E-state index in [2.05, 4.69) is 24.6 Å². The molecule has 2 N–H and O–H groups in total. The van der Waals surface area contributed by atoms with Crippen LogP contribution in [0, 0.1) is 0 Å². The number of amides is 1. The van der Waals surface area contributed by atoms with Crippen molar-refractivity contribution >= 4 is 6.41 Å². The number of piperazine rings is 1. The molecule has 1 fully saturated rings. The predicted molar refractivity (Wildman–Crippen MR) is 42.8 cm³/mol.